The number of nitro benzene ring substituents is 1. The summed E-state index contributed by atoms with van der Waals surface area (Å²) < 4.78 is 0. The largest absolute Gasteiger partial charge is 0.295 e. The van der Waals surface area contributed by atoms with Crippen LogP contribution in [0.5, 0.6) is 0 Å². The smallest absolute Gasteiger partial charge is 0.271 e. The highest BCUT2D eigenvalue weighted by Crippen LogP contribution is 2.25. The highest BCUT2D eigenvalue weighted by molar-refractivity contribution is 5.99. The lowest BCUT2D eigenvalue weighted by Gasteiger charge is -2.04. The maximum absolute atomic E-state index is 11.0. The molecule has 104 valence electrons. The Bertz CT molecular complexity index is 735. The van der Waals surface area contributed by atoms with E-state index in [1.54, 1.807) is 31.5 Å². The third-order valence-corrected chi connectivity index (χ3v) is 2.77. The molecule has 1 heterocycles. The molecule has 0 amide bonds. The highest BCUT2D eigenvalue weighted by atomic mass is 16.6. The Kier molecular flexibility index (Phi) is 4.21. The van der Waals surface area contributed by atoms with E-state index in [2.05, 4.69) is 15.5 Å². The number of pyridine rings is 1. The third-order valence-electron chi connectivity index (χ3n) is 2.77. The van der Waals surface area contributed by atoms with Gasteiger partial charge in [-0.05, 0) is 31.2 Å². The molecule has 2 rings (SSSR count). The standard InChI is InChI=1S/C14H11N5O2/c1-10(12-4-6-16-7-5-12)17-18-13-3-2-11(9-15)8-14(13)19(20)21/h2-8,18H,1H3. The minimum Gasteiger partial charge on any atom is -0.271 e. The van der Waals surface area contributed by atoms with Crippen LogP contribution < -0.4 is 5.43 Å². The molecular formula is C14H11N5O2. The van der Waals surface area contributed by atoms with E-state index in [0.29, 0.717) is 5.71 Å². The number of hydrogen-bond donors (Lipinski definition) is 1. The average Bonchev–Trinajstić information content (AvgIpc) is 2.53. The minimum atomic E-state index is -0.555. The van der Waals surface area contributed by atoms with Crippen LogP contribution in [0.3, 0.4) is 0 Å². The molecule has 0 bridgehead atoms. The summed E-state index contributed by atoms with van der Waals surface area (Å²) in [5.41, 5.74) is 4.44. The fourth-order valence-corrected chi connectivity index (χ4v) is 1.65. The van der Waals surface area contributed by atoms with Crippen LogP contribution in [0.25, 0.3) is 0 Å². The van der Waals surface area contributed by atoms with E-state index in [1.165, 1.54) is 18.2 Å². The molecular weight excluding hydrogens is 270 g/mol. The van der Waals surface area contributed by atoms with Gasteiger partial charge in [0.05, 0.1) is 22.3 Å². The molecule has 21 heavy (non-hydrogen) atoms. The molecule has 0 fully saturated rings. The molecule has 0 atom stereocenters. The molecule has 7 heteroatoms. The van der Waals surface area contributed by atoms with Crippen LogP contribution in [0.15, 0.2) is 47.8 Å². The zero-order valence-electron chi connectivity index (χ0n) is 11.1. The molecule has 0 unspecified atom stereocenters. The van der Waals surface area contributed by atoms with Gasteiger partial charge in [-0.2, -0.15) is 10.4 Å². The number of nitrogens with zero attached hydrogens (tertiary/aromatic N) is 4. The van der Waals surface area contributed by atoms with Crippen molar-refractivity contribution < 1.29 is 4.92 Å². The van der Waals surface area contributed by atoms with Gasteiger partial charge in [-0.25, -0.2) is 0 Å². The van der Waals surface area contributed by atoms with E-state index in [0.717, 1.165) is 5.56 Å². The molecule has 0 aliphatic heterocycles. The van der Waals surface area contributed by atoms with Gasteiger partial charge in [-0.3, -0.25) is 20.5 Å². The lowest BCUT2D eigenvalue weighted by atomic mass is 10.2. The van der Waals surface area contributed by atoms with E-state index in [4.69, 9.17) is 5.26 Å². The van der Waals surface area contributed by atoms with E-state index in [-0.39, 0.29) is 16.9 Å². The van der Waals surface area contributed by atoms with Gasteiger partial charge >= 0.3 is 0 Å². The molecule has 1 aromatic heterocycles. The van der Waals surface area contributed by atoms with E-state index in [1.807, 2.05) is 6.07 Å². The molecule has 2 aromatic rings. The Hall–Kier alpha value is -3.27. The van der Waals surface area contributed by atoms with Crippen molar-refractivity contribution in [2.75, 3.05) is 5.43 Å². The maximum Gasteiger partial charge on any atom is 0.295 e. The van der Waals surface area contributed by atoms with Gasteiger partial charge in [-0.15, -0.1) is 0 Å². The van der Waals surface area contributed by atoms with Crippen LogP contribution >= 0.6 is 0 Å². The Balaban J connectivity index is 2.28. The second-order valence-electron chi connectivity index (χ2n) is 4.15. The summed E-state index contributed by atoms with van der Waals surface area (Å²) in [5, 5.41) is 23.9. The van der Waals surface area contributed by atoms with Crippen molar-refractivity contribution in [3.05, 3.63) is 64.0 Å². The number of anilines is 1. The second kappa shape index (κ2) is 6.25. The Morgan fingerprint density at radius 1 is 1.38 bits per heavy atom. The van der Waals surface area contributed by atoms with Gasteiger partial charge < -0.3 is 0 Å². The van der Waals surface area contributed by atoms with Gasteiger partial charge in [0.25, 0.3) is 5.69 Å². The molecule has 0 saturated carbocycles. The number of benzene rings is 1. The van der Waals surface area contributed by atoms with Crippen LogP contribution in [-0.4, -0.2) is 15.6 Å². The van der Waals surface area contributed by atoms with Gasteiger partial charge in [0.1, 0.15) is 5.69 Å². The van der Waals surface area contributed by atoms with Crippen LogP contribution in [0.1, 0.15) is 18.1 Å². The van der Waals surface area contributed by atoms with Gasteiger partial charge in [0, 0.05) is 24.0 Å². The van der Waals surface area contributed by atoms with Crippen molar-refractivity contribution >= 4 is 17.1 Å². The predicted octanol–water partition coefficient (Wildman–Crippen LogP) is 2.70. The molecule has 0 aliphatic rings. The van der Waals surface area contributed by atoms with Crippen LogP contribution in [0.4, 0.5) is 11.4 Å². The molecule has 7 nitrogen and oxygen atoms in total. The van der Waals surface area contributed by atoms with Crippen LogP contribution in [0.2, 0.25) is 0 Å². The molecule has 0 aliphatic carbocycles. The lowest BCUT2D eigenvalue weighted by molar-refractivity contribution is -0.384. The number of nitro groups is 1. The summed E-state index contributed by atoms with van der Waals surface area (Å²) in [5.74, 6) is 0. The van der Waals surface area contributed by atoms with Crippen molar-refractivity contribution in [1.29, 1.82) is 5.26 Å². The van der Waals surface area contributed by atoms with Gasteiger partial charge in [-0.1, -0.05) is 0 Å². The third kappa shape index (κ3) is 3.39. The summed E-state index contributed by atoms with van der Waals surface area (Å²) >= 11 is 0. The maximum atomic E-state index is 11.0. The minimum absolute atomic E-state index is 0.194. The number of hydrogen-bond acceptors (Lipinski definition) is 6. The van der Waals surface area contributed by atoms with Crippen molar-refractivity contribution in [2.45, 2.75) is 6.92 Å². The topological polar surface area (TPSA) is 104 Å². The van der Waals surface area contributed by atoms with Crippen LogP contribution in [-0.2, 0) is 0 Å². The fraction of sp³-hybridized carbons (Fsp3) is 0.0714. The van der Waals surface area contributed by atoms with Crippen molar-refractivity contribution in [3.63, 3.8) is 0 Å². The average molecular weight is 281 g/mol. The molecule has 1 aromatic carbocycles. The highest BCUT2D eigenvalue weighted by Gasteiger charge is 2.14. The quantitative estimate of drug-likeness (QED) is 0.527. The van der Waals surface area contributed by atoms with Crippen molar-refractivity contribution in [2.24, 2.45) is 5.10 Å². The van der Waals surface area contributed by atoms with Crippen molar-refractivity contribution in [3.8, 4) is 6.07 Å². The summed E-state index contributed by atoms with van der Waals surface area (Å²) in [7, 11) is 0. The second-order valence-corrected chi connectivity index (χ2v) is 4.15. The Morgan fingerprint density at radius 2 is 2.10 bits per heavy atom. The van der Waals surface area contributed by atoms with E-state index < -0.39 is 4.92 Å². The Morgan fingerprint density at radius 3 is 2.71 bits per heavy atom. The van der Waals surface area contributed by atoms with Crippen molar-refractivity contribution in [1.82, 2.24) is 4.98 Å². The summed E-state index contributed by atoms with van der Waals surface area (Å²) in [4.78, 5) is 14.4. The molecule has 0 saturated heterocycles. The molecule has 0 radical (unpaired) electrons. The fourth-order valence-electron chi connectivity index (χ4n) is 1.65. The van der Waals surface area contributed by atoms with E-state index in [9.17, 15) is 10.1 Å². The first kappa shape index (κ1) is 14.1. The first-order valence-corrected chi connectivity index (χ1v) is 6.01. The normalized spacial score (nSPS) is 10.8. The number of nitriles is 1. The first-order valence-electron chi connectivity index (χ1n) is 6.01. The predicted molar refractivity (Wildman–Crippen MR) is 77.9 cm³/mol. The first-order chi connectivity index (χ1) is 10.1. The summed E-state index contributed by atoms with van der Waals surface area (Å²) in [6, 6.07) is 9.60. The lowest BCUT2D eigenvalue weighted by Crippen LogP contribution is -2.02. The number of rotatable bonds is 4. The molecule has 1 N–H and O–H groups in total. The summed E-state index contributed by atoms with van der Waals surface area (Å²) in [6.07, 6.45) is 3.27. The summed E-state index contributed by atoms with van der Waals surface area (Å²) in [6.45, 7) is 1.78. The number of aromatic nitrogens is 1. The zero-order valence-corrected chi connectivity index (χ0v) is 11.1. The molecule has 0 spiro atoms. The SMILES string of the molecule is CC(=NNc1ccc(C#N)cc1[N+](=O)[O-])c1ccncc1. The number of nitrogens with one attached hydrogen (secondary N) is 1. The number of hydrazone groups is 1. The van der Waals surface area contributed by atoms with Crippen LogP contribution in [0, 0.1) is 21.4 Å². The Labute approximate surface area is 120 Å². The zero-order chi connectivity index (χ0) is 15.2. The van der Waals surface area contributed by atoms with Gasteiger partial charge in [0.15, 0.2) is 0 Å². The van der Waals surface area contributed by atoms with E-state index >= 15 is 0 Å². The monoisotopic (exact) mass is 281 g/mol. The van der Waals surface area contributed by atoms with Gasteiger partial charge in [0.2, 0.25) is 0 Å².